The minimum Gasteiger partial charge on any atom is -0.632 e. The molecule has 1 heterocycles. The third-order valence-electron chi connectivity index (χ3n) is 3.43. The van der Waals surface area contributed by atoms with E-state index < -0.39 is 0 Å². The van der Waals surface area contributed by atoms with Crippen LogP contribution in [0.15, 0.2) is 24.3 Å². The Balaban J connectivity index is 2.57. The summed E-state index contributed by atoms with van der Waals surface area (Å²) in [6, 6.07) is 8.30. The summed E-state index contributed by atoms with van der Waals surface area (Å²) in [5.74, 6) is 0. The van der Waals surface area contributed by atoms with Gasteiger partial charge in [0.25, 0.3) is 0 Å². The molecule has 0 unspecified atom stereocenters. The molecule has 0 saturated heterocycles. The van der Waals surface area contributed by atoms with Gasteiger partial charge in [-0.2, -0.15) is 0 Å². The van der Waals surface area contributed by atoms with Crippen LogP contribution in [0.3, 0.4) is 0 Å². The summed E-state index contributed by atoms with van der Waals surface area (Å²) in [4.78, 5) is 0. The van der Waals surface area contributed by atoms with Gasteiger partial charge in [-0.05, 0) is 13.8 Å². The molecule has 0 aromatic heterocycles. The molecule has 1 aliphatic rings. The van der Waals surface area contributed by atoms with E-state index in [0.29, 0.717) is 0 Å². The molecule has 2 heteroatoms. The number of fused-ring (bicyclic) bond motifs is 1. The van der Waals surface area contributed by atoms with Crippen LogP contribution in [0.4, 0.5) is 0 Å². The van der Waals surface area contributed by atoms with Gasteiger partial charge in [-0.3, -0.25) is 0 Å². The highest BCUT2D eigenvalue weighted by molar-refractivity contribution is 5.33. The zero-order chi connectivity index (χ0) is 9.64. The lowest BCUT2D eigenvalue weighted by Gasteiger charge is -2.43. The SMILES string of the molecule is C[C@@H]1c2ccccc2[C@@H](C)[N+]1(C)[O-]. The monoisotopic (exact) mass is 177 g/mol. The molecule has 0 amide bonds. The molecule has 13 heavy (non-hydrogen) atoms. The van der Waals surface area contributed by atoms with Crippen molar-refractivity contribution in [2.75, 3.05) is 7.05 Å². The van der Waals surface area contributed by atoms with Crippen molar-refractivity contribution < 1.29 is 4.65 Å². The van der Waals surface area contributed by atoms with E-state index in [4.69, 9.17) is 0 Å². The minimum absolute atomic E-state index is 0.0752. The van der Waals surface area contributed by atoms with Gasteiger partial charge >= 0.3 is 0 Å². The van der Waals surface area contributed by atoms with Crippen LogP contribution in [0.1, 0.15) is 37.1 Å². The molecule has 2 atom stereocenters. The van der Waals surface area contributed by atoms with Crippen LogP contribution < -0.4 is 0 Å². The molecule has 0 bridgehead atoms. The van der Waals surface area contributed by atoms with Gasteiger partial charge in [0.2, 0.25) is 0 Å². The van der Waals surface area contributed by atoms with E-state index in [2.05, 4.69) is 12.1 Å². The van der Waals surface area contributed by atoms with E-state index >= 15 is 0 Å². The fourth-order valence-corrected chi connectivity index (χ4v) is 2.16. The Labute approximate surface area is 79.0 Å². The molecular weight excluding hydrogens is 162 g/mol. The van der Waals surface area contributed by atoms with Crippen LogP contribution in [-0.2, 0) is 0 Å². The first-order valence-corrected chi connectivity index (χ1v) is 4.71. The van der Waals surface area contributed by atoms with Crippen molar-refractivity contribution in [2.45, 2.75) is 25.9 Å². The number of quaternary nitrogens is 1. The van der Waals surface area contributed by atoms with Crippen molar-refractivity contribution in [3.05, 3.63) is 40.6 Å². The second-order valence-corrected chi connectivity index (χ2v) is 4.04. The highest BCUT2D eigenvalue weighted by Gasteiger charge is 2.38. The minimum atomic E-state index is -0.167. The van der Waals surface area contributed by atoms with Gasteiger partial charge in [0, 0.05) is 11.1 Å². The van der Waals surface area contributed by atoms with Crippen molar-refractivity contribution in [2.24, 2.45) is 0 Å². The van der Waals surface area contributed by atoms with E-state index in [0.717, 1.165) is 0 Å². The van der Waals surface area contributed by atoms with E-state index in [1.54, 1.807) is 7.05 Å². The standard InChI is InChI=1S/C11H15NO/c1-8-10-6-4-5-7-11(10)9(2)12(8,3)13/h4-9H,1-3H3/t8-,9-/m1/s1. The Bertz CT molecular complexity index is 302. The maximum absolute atomic E-state index is 12.2. The third-order valence-corrected chi connectivity index (χ3v) is 3.43. The van der Waals surface area contributed by atoms with Crippen LogP contribution in [0, 0.1) is 5.21 Å². The normalized spacial score (nSPS) is 30.2. The van der Waals surface area contributed by atoms with E-state index in [1.807, 2.05) is 26.0 Å². The predicted octanol–water partition coefficient (Wildman–Crippen LogP) is 2.77. The number of benzene rings is 1. The number of hydrogen-bond acceptors (Lipinski definition) is 1. The Kier molecular flexibility index (Phi) is 1.72. The molecule has 70 valence electrons. The van der Waals surface area contributed by atoms with Crippen LogP contribution in [0.25, 0.3) is 0 Å². The molecular formula is C11H15NO. The Hall–Kier alpha value is -0.860. The predicted molar refractivity (Wildman–Crippen MR) is 52.8 cm³/mol. The summed E-state index contributed by atoms with van der Waals surface area (Å²) >= 11 is 0. The van der Waals surface area contributed by atoms with Gasteiger partial charge < -0.3 is 9.85 Å². The van der Waals surface area contributed by atoms with Crippen molar-refractivity contribution in [1.29, 1.82) is 0 Å². The Morgan fingerprint density at radius 2 is 1.46 bits per heavy atom. The van der Waals surface area contributed by atoms with Crippen LogP contribution in [0.2, 0.25) is 0 Å². The molecule has 0 fully saturated rings. The quantitative estimate of drug-likeness (QED) is 0.441. The van der Waals surface area contributed by atoms with E-state index in [1.165, 1.54) is 11.1 Å². The highest BCUT2D eigenvalue weighted by Crippen LogP contribution is 2.45. The molecule has 0 radical (unpaired) electrons. The third kappa shape index (κ3) is 1.02. The number of nitrogens with zero attached hydrogens (tertiary/aromatic N) is 1. The molecule has 1 aliphatic heterocycles. The van der Waals surface area contributed by atoms with Crippen LogP contribution >= 0.6 is 0 Å². The van der Waals surface area contributed by atoms with Crippen molar-refractivity contribution in [1.82, 2.24) is 0 Å². The van der Waals surface area contributed by atoms with Crippen molar-refractivity contribution >= 4 is 0 Å². The smallest absolute Gasteiger partial charge is 0.112 e. The van der Waals surface area contributed by atoms with Gasteiger partial charge in [-0.25, -0.2) is 0 Å². The summed E-state index contributed by atoms with van der Waals surface area (Å²) in [7, 11) is 1.76. The summed E-state index contributed by atoms with van der Waals surface area (Å²) in [5, 5.41) is 12.2. The Morgan fingerprint density at radius 1 is 1.08 bits per heavy atom. The molecule has 0 spiro atoms. The van der Waals surface area contributed by atoms with E-state index in [9.17, 15) is 5.21 Å². The number of hydroxylamine groups is 3. The summed E-state index contributed by atoms with van der Waals surface area (Å²) in [6.45, 7) is 4.02. The van der Waals surface area contributed by atoms with Crippen molar-refractivity contribution in [3.63, 3.8) is 0 Å². The average molecular weight is 177 g/mol. The van der Waals surface area contributed by atoms with Gasteiger partial charge in [-0.15, -0.1) is 0 Å². The molecule has 2 nitrogen and oxygen atoms in total. The summed E-state index contributed by atoms with van der Waals surface area (Å²) < 4.78 is -0.167. The molecule has 0 aliphatic carbocycles. The number of hydrogen-bond donors (Lipinski definition) is 0. The first-order valence-electron chi connectivity index (χ1n) is 4.71. The highest BCUT2D eigenvalue weighted by atomic mass is 16.5. The topological polar surface area (TPSA) is 23.1 Å². The van der Waals surface area contributed by atoms with E-state index in [-0.39, 0.29) is 16.7 Å². The van der Waals surface area contributed by atoms with Gasteiger partial charge in [0.15, 0.2) is 0 Å². The second-order valence-electron chi connectivity index (χ2n) is 4.04. The van der Waals surface area contributed by atoms with Crippen LogP contribution in [-0.4, -0.2) is 11.7 Å². The number of rotatable bonds is 0. The lowest BCUT2D eigenvalue weighted by atomic mass is 10.0. The molecule has 1 aromatic rings. The maximum atomic E-state index is 12.2. The second kappa shape index (κ2) is 2.56. The fourth-order valence-electron chi connectivity index (χ4n) is 2.16. The van der Waals surface area contributed by atoms with Crippen molar-refractivity contribution in [3.8, 4) is 0 Å². The molecule has 2 rings (SSSR count). The first kappa shape index (κ1) is 8.73. The van der Waals surface area contributed by atoms with Gasteiger partial charge in [-0.1, -0.05) is 24.3 Å². The summed E-state index contributed by atoms with van der Waals surface area (Å²) in [6.07, 6.45) is 0. The Morgan fingerprint density at radius 3 is 1.85 bits per heavy atom. The molecule has 1 aromatic carbocycles. The molecule has 0 saturated carbocycles. The first-order chi connectivity index (χ1) is 6.05. The zero-order valence-electron chi connectivity index (χ0n) is 8.32. The fraction of sp³-hybridized carbons (Fsp3) is 0.455. The van der Waals surface area contributed by atoms with Gasteiger partial charge in [0.05, 0.1) is 7.05 Å². The summed E-state index contributed by atoms with van der Waals surface area (Å²) in [5.41, 5.74) is 2.43. The lowest BCUT2D eigenvalue weighted by Crippen LogP contribution is -2.36. The van der Waals surface area contributed by atoms with Gasteiger partial charge in [0.1, 0.15) is 12.1 Å². The average Bonchev–Trinajstić information content (AvgIpc) is 2.30. The maximum Gasteiger partial charge on any atom is 0.112 e. The largest absolute Gasteiger partial charge is 0.632 e. The molecule has 0 N–H and O–H groups in total. The zero-order valence-corrected chi connectivity index (χ0v) is 8.32. The lowest BCUT2D eigenvalue weighted by molar-refractivity contribution is -0.911. The van der Waals surface area contributed by atoms with Crippen LogP contribution in [0.5, 0.6) is 0 Å².